The van der Waals surface area contributed by atoms with E-state index in [1.165, 1.54) is 19.3 Å². The third kappa shape index (κ3) is 3.23. The molecule has 0 aromatic rings. The van der Waals surface area contributed by atoms with Crippen molar-refractivity contribution in [2.24, 2.45) is 5.92 Å². The summed E-state index contributed by atoms with van der Waals surface area (Å²) in [5.74, 6) is 0.806. The molecule has 2 N–H and O–H groups in total. The molecule has 2 atom stereocenters. The lowest BCUT2D eigenvalue weighted by molar-refractivity contribution is -0.136. The van der Waals surface area contributed by atoms with Gasteiger partial charge in [-0.05, 0) is 44.6 Å². The lowest BCUT2D eigenvalue weighted by Crippen LogP contribution is -2.49. The highest BCUT2D eigenvalue weighted by Gasteiger charge is 2.31. The third-order valence-corrected chi connectivity index (χ3v) is 4.50. The van der Waals surface area contributed by atoms with Crippen molar-refractivity contribution in [1.29, 1.82) is 0 Å². The predicted molar refractivity (Wildman–Crippen MR) is 71.2 cm³/mol. The van der Waals surface area contributed by atoms with Crippen molar-refractivity contribution in [3.63, 3.8) is 0 Å². The van der Waals surface area contributed by atoms with Crippen molar-refractivity contribution in [1.82, 2.24) is 10.2 Å². The zero-order valence-electron chi connectivity index (χ0n) is 11.4. The van der Waals surface area contributed by atoms with Crippen LogP contribution in [-0.4, -0.2) is 47.7 Å². The van der Waals surface area contributed by atoms with Crippen molar-refractivity contribution in [2.75, 3.05) is 19.7 Å². The zero-order chi connectivity index (χ0) is 13.0. The Bertz CT molecular complexity index is 279. The number of nitrogens with zero attached hydrogens (tertiary/aromatic N) is 1. The van der Waals surface area contributed by atoms with E-state index in [1.54, 1.807) is 0 Å². The first-order chi connectivity index (χ1) is 8.72. The normalized spacial score (nSPS) is 28.8. The van der Waals surface area contributed by atoms with Crippen molar-refractivity contribution in [2.45, 2.75) is 57.5 Å². The fourth-order valence-electron chi connectivity index (χ4n) is 3.01. The molecule has 2 fully saturated rings. The quantitative estimate of drug-likeness (QED) is 0.773. The van der Waals surface area contributed by atoms with Crippen LogP contribution in [0.4, 0.5) is 0 Å². The topological polar surface area (TPSA) is 52.6 Å². The average Bonchev–Trinajstić information content (AvgIpc) is 2.29. The number of aliphatic hydroxyl groups is 1. The largest absolute Gasteiger partial charge is 0.395 e. The molecular weight excluding hydrogens is 228 g/mol. The first-order valence-electron chi connectivity index (χ1n) is 7.36. The first kappa shape index (κ1) is 13.8. The van der Waals surface area contributed by atoms with Crippen LogP contribution in [0.5, 0.6) is 0 Å². The van der Waals surface area contributed by atoms with E-state index in [4.69, 9.17) is 5.11 Å². The highest BCUT2D eigenvalue weighted by atomic mass is 16.3. The van der Waals surface area contributed by atoms with E-state index in [-0.39, 0.29) is 12.5 Å². The van der Waals surface area contributed by atoms with E-state index >= 15 is 0 Å². The summed E-state index contributed by atoms with van der Waals surface area (Å²) in [6.07, 6.45) is 6.47. The number of rotatable bonds is 5. The lowest BCUT2D eigenvalue weighted by atomic mass is 9.88. The van der Waals surface area contributed by atoms with Gasteiger partial charge in [0, 0.05) is 25.0 Å². The standard InChI is InChI=1S/C14H26N2O2/c1-11-4-3-7-15-13(11)10-14(18)16(8-9-17)12-5-2-6-12/h11-13,15,17H,2-10H2,1H3. The van der Waals surface area contributed by atoms with Crippen LogP contribution in [0, 0.1) is 5.92 Å². The zero-order valence-corrected chi connectivity index (χ0v) is 11.4. The molecule has 4 heteroatoms. The van der Waals surface area contributed by atoms with Gasteiger partial charge in [-0.3, -0.25) is 4.79 Å². The predicted octanol–water partition coefficient (Wildman–Crippen LogP) is 1.14. The van der Waals surface area contributed by atoms with Gasteiger partial charge in [0.05, 0.1) is 6.61 Å². The lowest BCUT2D eigenvalue weighted by Gasteiger charge is -2.39. The Kier molecular flexibility index (Phi) is 5.01. The number of hydrogen-bond acceptors (Lipinski definition) is 3. The second kappa shape index (κ2) is 6.53. The van der Waals surface area contributed by atoms with Gasteiger partial charge in [-0.25, -0.2) is 0 Å². The molecule has 0 aromatic heterocycles. The highest BCUT2D eigenvalue weighted by Crippen LogP contribution is 2.26. The third-order valence-electron chi connectivity index (χ3n) is 4.50. The molecular formula is C14H26N2O2. The van der Waals surface area contributed by atoms with E-state index in [1.807, 2.05) is 4.90 Å². The van der Waals surface area contributed by atoms with Gasteiger partial charge in [0.1, 0.15) is 0 Å². The molecule has 2 unspecified atom stereocenters. The van der Waals surface area contributed by atoms with Crippen molar-refractivity contribution in [3.8, 4) is 0 Å². The molecule has 0 bridgehead atoms. The smallest absolute Gasteiger partial charge is 0.224 e. The number of piperidine rings is 1. The van der Waals surface area contributed by atoms with Crippen LogP contribution in [0.25, 0.3) is 0 Å². The molecule has 1 aliphatic heterocycles. The molecule has 18 heavy (non-hydrogen) atoms. The van der Waals surface area contributed by atoms with E-state index in [9.17, 15) is 4.79 Å². The molecule has 1 aliphatic carbocycles. The van der Waals surface area contributed by atoms with Crippen molar-refractivity contribution >= 4 is 5.91 Å². The number of amides is 1. The van der Waals surface area contributed by atoms with Crippen LogP contribution >= 0.6 is 0 Å². The minimum absolute atomic E-state index is 0.0793. The Morgan fingerprint density at radius 2 is 2.11 bits per heavy atom. The van der Waals surface area contributed by atoms with Gasteiger partial charge in [-0.2, -0.15) is 0 Å². The minimum Gasteiger partial charge on any atom is -0.395 e. The highest BCUT2D eigenvalue weighted by molar-refractivity contribution is 5.77. The monoisotopic (exact) mass is 254 g/mol. The van der Waals surface area contributed by atoms with Crippen LogP contribution < -0.4 is 5.32 Å². The minimum atomic E-state index is 0.0793. The second-order valence-corrected chi connectivity index (χ2v) is 5.78. The Balaban J connectivity index is 1.87. The fraction of sp³-hybridized carbons (Fsp3) is 0.929. The molecule has 1 heterocycles. The van der Waals surface area contributed by atoms with Crippen LogP contribution in [0.15, 0.2) is 0 Å². The fourth-order valence-corrected chi connectivity index (χ4v) is 3.01. The summed E-state index contributed by atoms with van der Waals surface area (Å²) in [5, 5.41) is 12.6. The van der Waals surface area contributed by atoms with Gasteiger partial charge in [0.15, 0.2) is 0 Å². The number of aliphatic hydroxyl groups excluding tert-OH is 1. The number of carbonyl (C=O) groups is 1. The Hall–Kier alpha value is -0.610. The van der Waals surface area contributed by atoms with Crippen molar-refractivity contribution < 1.29 is 9.90 Å². The number of carbonyl (C=O) groups excluding carboxylic acids is 1. The molecule has 0 spiro atoms. The van der Waals surface area contributed by atoms with Gasteiger partial charge >= 0.3 is 0 Å². The Morgan fingerprint density at radius 1 is 1.33 bits per heavy atom. The molecule has 0 radical (unpaired) electrons. The van der Waals surface area contributed by atoms with Crippen molar-refractivity contribution in [3.05, 3.63) is 0 Å². The number of nitrogens with one attached hydrogen (secondary N) is 1. The molecule has 0 aromatic carbocycles. The van der Waals surface area contributed by atoms with Crippen LogP contribution in [0.3, 0.4) is 0 Å². The maximum Gasteiger partial charge on any atom is 0.224 e. The molecule has 1 saturated carbocycles. The summed E-state index contributed by atoms with van der Waals surface area (Å²) < 4.78 is 0. The van der Waals surface area contributed by atoms with Gasteiger partial charge in [-0.1, -0.05) is 6.92 Å². The maximum atomic E-state index is 12.4. The molecule has 1 saturated heterocycles. The molecule has 104 valence electrons. The first-order valence-corrected chi connectivity index (χ1v) is 7.36. The van der Waals surface area contributed by atoms with E-state index in [0.29, 0.717) is 31.0 Å². The van der Waals surface area contributed by atoms with Crippen LogP contribution in [-0.2, 0) is 4.79 Å². The summed E-state index contributed by atoms with van der Waals surface area (Å²) in [6, 6.07) is 0.719. The Morgan fingerprint density at radius 3 is 2.67 bits per heavy atom. The summed E-state index contributed by atoms with van der Waals surface area (Å²) in [6.45, 7) is 3.84. The molecule has 2 rings (SSSR count). The summed E-state index contributed by atoms with van der Waals surface area (Å²) in [7, 11) is 0. The summed E-state index contributed by atoms with van der Waals surface area (Å²) in [5.41, 5.74) is 0. The van der Waals surface area contributed by atoms with Gasteiger partial charge in [0.25, 0.3) is 0 Å². The van der Waals surface area contributed by atoms with E-state index < -0.39 is 0 Å². The van der Waals surface area contributed by atoms with Crippen LogP contribution in [0.1, 0.15) is 45.4 Å². The molecule has 2 aliphatic rings. The van der Waals surface area contributed by atoms with Gasteiger partial charge < -0.3 is 15.3 Å². The average molecular weight is 254 g/mol. The second-order valence-electron chi connectivity index (χ2n) is 5.78. The van der Waals surface area contributed by atoms with Gasteiger partial charge in [0.2, 0.25) is 5.91 Å². The van der Waals surface area contributed by atoms with E-state index in [0.717, 1.165) is 19.4 Å². The van der Waals surface area contributed by atoms with E-state index in [2.05, 4.69) is 12.2 Å². The molecule has 4 nitrogen and oxygen atoms in total. The summed E-state index contributed by atoms with van der Waals surface area (Å²) in [4.78, 5) is 14.3. The van der Waals surface area contributed by atoms with Gasteiger partial charge in [-0.15, -0.1) is 0 Å². The summed E-state index contributed by atoms with van der Waals surface area (Å²) >= 11 is 0. The SMILES string of the molecule is CC1CCCNC1CC(=O)N(CCO)C1CCC1. The maximum absolute atomic E-state index is 12.4. The van der Waals surface area contributed by atoms with Crippen LogP contribution in [0.2, 0.25) is 0 Å². The number of hydrogen-bond donors (Lipinski definition) is 2. The Labute approximate surface area is 110 Å². The molecule has 1 amide bonds.